The monoisotopic (exact) mass is 444 g/mol. The molecular formula is C21H24N4O5S. The molecule has 31 heavy (non-hydrogen) atoms. The summed E-state index contributed by atoms with van der Waals surface area (Å²) in [6.45, 7) is 0.758. The number of carbonyl (C=O) groups excluding carboxylic acids is 2. The van der Waals surface area contributed by atoms with E-state index in [1.54, 1.807) is 31.4 Å². The van der Waals surface area contributed by atoms with E-state index in [2.05, 4.69) is 15.8 Å². The standard InChI is InChI=1S/C21H24N4O5S/c1-30-18-8-4-16(5-9-18)14-23-24-20(26)15-22-21(27)17-6-10-19(11-7-17)31(28,29)25-12-2-3-13-25/h4-11,14H,2-3,12-13,15H2,1H3,(H,22,27)(H,24,26)/b23-14-. The van der Waals surface area contributed by atoms with E-state index in [4.69, 9.17) is 4.74 Å². The topological polar surface area (TPSA) is 117 Å². The molecule has 0 atom stereocenters. The molecule has 0 unspecified atom stereocenters. The maximum Gasteiger partial charge on any atom is 0.259 e. The molecule has 1 fully saturated rings. The molecule has 9 nitrogen and oxygen atoms in total. The second-order valence-electron chi connectivity index (χ2n) is 6.88. The maximum atomic E-state index is 12.5. The minimum absolute atomic E-state index is 0.150. The number of hydrogen-bond donors (Lipinski definition) is 2. The molecule has 2 N–H and O–H groups in total. The number of benzene rings is 2. The van der Waals surface area contributed by atoms with Crippen LogP contribution in [-0.2, 0) is 14.8 Å². The van der Waals surface area contributed by atoms with E-state index in [0.29, 0.717) is 18.8 Å². The predicted octanol–water partition coefficient (Wildman–Crippen LogP) is 1.36. The zero-order valence-electron chi connectivity index (χ0n) is 17.1. The molecule has 0 radical (unpaired) electrons. The average Bonchev–Trinajstić information content (AvgIpc) is 3.34. The first-order valence-electron chi connectivity index (χ1n) is 9.74. The summed E-state index contributed by atoms with van der Waals surface area (Å²) in [5.74, 6) is -0.267. The Morgan fingerprint density at radius 2 is 1.71 bits per heavy atom. The quantitative estimate of drug-likeness (QED) is 0.471. The Hall–Kier alpha value is -3.24. The van der Waals surface area contributed by atoms with Crippen LogP contribution in [0.25, 0.3) is 0 Å². The summed E-state index contributed by atoms with van der Waals surface area (Å²) in [4.78, 5) is 24.2. The molecule has 2 amide bonds. The van der Waals surface area contributed by atoms with Gasteiger partial charge in [-0.25, -0.2) is 13.8 Å². The molecule has 1 saturated heterocycles. The number of amides is 2. The van der Waals surface area contributed by atoms with Crippen LogP contribution in [0, 0.1) is 0 Å². The highest BCUT2D eigenvalue weighted by atomic mass is 32.2. The third kappa shape index (κ3) is 5.89. The summed E-state index contributed by atoms with van der Waals surface area (Å²) in [5.41, 5.74) is 3.36. The van der Waals surface area contributed by atoms with Gasteiger partial charge in [-0.1, -0.05) is 0 Å². The van der Waals surface area contributed by atoms with Gasteiger partial charge in [-0.3, -0.25) is 9.59 Å². The van der Waals surface area contributed by atoms with Crippen molar-refractivity contribution in [1.29, 1.82) is 0 Å². The Kier molecular flexibility index (Phi) is 7.37. The van der Waals surface area contributed by atoms with Crippen LogP contribution < -0.4 is 15.5 Å². The highest BCUT2D eigenvalue weighted by Gasteiger charge is 2.27. The molecular weight excluding hydrogens is 420 g/mol. The summed E-state index contributed by atoms with van der Waals surface area (Å²) >= 11 is 0. The van der Waals surface area contributed by atoms with Crippen LogP contribution in [-0.4, -0.2) is 57.5 Å². The number of methoxy groups -OCH3 is 1. The molecule has 164 valence electrons. The number of nitrogens with zero attached hydrogens (tertiary/aromatic N) is 2. The second kappa shape index (κ2) is 10.2. The number of rotatable bonds is 8. The summed E-state index contributed by atoms with van der Waals surface area (Å²) in [6, 6.07) is 12.8. The first-order valence-corrected chi connectivity index (χ1v) is 11.2. The van der Waals surface area contributed by atoms with Crippen molar-refractivity contribution in [1.82, 2.24) is 15.0 Å². The van der Waals surface area contributed by atoms with Crippen molar-refractivity contribution >= 4 is 28.1 Å². The van der Waals surface area contributed by atoms with Crippen molar-refractivity contribution in [2.75, 3.05) is 26.7 Å². The van der Waals surface area contributed by atoms with E-state index < -0.39 is 21.8 Å². The number of hydrazone groups is 1. The summed E-state index contributed by atoms with van der Waals surface area (Å²) in [7, 11) is -1.96. The van der Waals surface area contributed by atoms with E-state index in [-0.39, 0.29) is 17.0 Å². The van der Waals surface area contributed by atoms with Crippen LogP contribution in [0.3, 0.4) is 0 Å². The van der Waals surface area contributed by atoms with Gasteiger partial charge < -0.3 is 10.1 Å². The molecule has 1 aliphatic heterocycles. The van der Waals surface area contributed by atoms with E-state index in [9.17, 15) is 18.0 Å². The van der Waals surface area contributed by atoms with Crippen molar-refractivity contribution in [3.63, 3.8) is 0 Å². The van der Waals surface area contributed by atoms with Crippen LogP contribution in [0.15, 0.2) is 58.5 Å². The molecule has 0 bridgehead atoms. The van der Waals surface area contributed by atoms with Gasteiger partial charge >= 0.3 is 0 Å². The van der Waals surface area contributed by atoms with Crippen molar-refractivity contribution in [3.8, 4) is 5.75 Å². The van der Waals surface area contributed by atoms with E-state index >= 15 is 0 Å². The van der Waals surface area contributed by atoms with E-state index in [1.807, 2.05) is 0 Å². The van der Waals surface area contributed by atoms with Gasteiger partial charge in [0, 0.05) is 18.7 Å². The summed E-state index contributed by atoms with van der Waals surface area (Å²) in [6.07, 6.45) is 3.18. The number of carbonyl (C=O) groups is 2. The number of nitrogens with one attached hydrogen (secondary N) is 2. The third-order valence-corrected chi connectivity index (χ3v) is 6.66. The molecule has 1 aliphatic rings. The Morgan fingerprint density at radius 3 is 2.32 bits per heavy atom. The molecule has 10 heteroatoms. The third-order valence-electron chi connectivity index (χ3n) is 4.75. The Morgan fingerprint density at radius 1 is 1.06 bits per heavy atom. The Labute approximate surface area is 181 Å². The molecule has 3 rings (SSSR count). The molecule has 2 aromatic rings. The Bertz CT molecular complexity index is 1040. The second-order valence-corrected chi connectivity index (χ2v) is 8.82. The first kappa shape index (κ1) is 22.4. The number of hydrogen-bond acceptors (Lipinski definition) is 6. The van der Waals surface area contributed by atoms with Gasteiger partial charge in [-0.2, -0.15) is 9.41 Å². The fourth-order valence-electron chi connectivity index (χ4n) is 3.03. The van der Waals surface area contributed by atoms with Gasteiger partial charge in [0.05, 0.1) is 24.8 Å². The molecule has 2 aromatic carbocycles. The van der Waals surface area contributed by atoms with Crippen molar-refractivity contribution < 1.29 is 22.7 Å². The van der Waals surface area contributed by atoms with Crippen LogP contribution in [0.4, 0.5) is 0 Å². The lowest BCUT2D eigenvalue weighted by molar-refractivity contribution is -0.120. The van der Waals surface area contributed by atoms with Gasteiger partial charge in [0.1, 0.15) is 5.75 Å². The summed E-state index contributed by atoms with van der Waals surface area (Å²) < 4.78 is 31.5. The number of ether oxygens (including phenoxy) is 1. The molecule has 0 aromatic heterocycles. The van der Waals surface area contributed by atoms with Crippen molar-refractivity contribution in [2.24, 2.45) is 5.10 Å². The van der Waals surface area contributed by atoms with Crippen molar-refractivity contribution in [3.05, 3.63) is 59.7 Å². The zero-order valence-corrected chi connectivity index (χ0v) is 17.9. The SMILES string of the molecule is COc1ccc(/C=N\NC(=O)CNC(=O)c2ccc(S(=O)(=O)N3CCCC3)cc2)cc1. The van der Waals surface area contributed by atoms with Gasteiger partial charge in [0.25, 0.3) is 11.8 Å². The maximum absolute atomic E-state index is 12.5. The lowest BCUT2D eigenvalue weighted by Gasteiger charge is -2.15. The normalized spacial score (nSPS) is 14.5. The van der Waals surface area contributed by atoms with Gasteiger partial charge in [0.15, 0.2) is 0 Å². The Balaban J connectivity index is 1.48. The van der Waals surface area contributed by atoms with Crippen molar-refractivity contribution in [2.45, 2.75) is 17.7 Å². The molecule has 0 spiro atoms. The van der Waals surface area contributed by atoms with Crippen LogP contribution in [0.2, 0.25) is 0 Å². The molecule has 1 heterocycles. The zero-order chi connectivity index (χ0) is 22.3. The molecule has 0 saturated carbocycles. The minimum atomic E-state index is -3.53. The van der Waals surface area contributed by atoms with Gasteiger partial charge in [-0.05, 0) is 66.9 Å². The lowest BCUT2D eigenvalue weighted by Crippen LogP contribution is -2.35. The van der Waals surface area contributed by atoms with Crippen LogP contribution >= 0.6 is 0 Å². The largest absolute Gasteiger partial charge is 0.497 e. The van der Waals surface area contributed by atoms with Crippen LogP contribution in [0.5, 0.6) is 5.75 Å². The van der Waals surface area contributed by atoms with Crippen LogP contribution in [0.1, 0.15) is 28.8 Å². The highest BCUT2D eigenvalue weighted by molar-refractivity contribution is 7.89. The highest BCUT2D eigenvalue weighted by Crippen LogP contribution is 2.21. The first-order chi connectivity index (χ1) is 14.9. The number of sulfonamides is 1. The van der Waals surface area contributed by atoms with E-state index in [1.165, 1.54) is 34.8 Å². The predicted molar refractivity (Wildman–Crippen MR) is 115 cm³/mol. The van der Waals surface area contributed by atoms with Gasteiger partial charge in [-0.15, -0.1) is 0 Å². The summed E-state index contributed by atoms with van der Waals surface area (Å²) in [5, 5.41) is 6.31. The van der Waals surface area contributed by atoms with E-state index in [0.717, 1.165) is 18.4 Å². The smallest absolute Gasteiger partial charge is 0.259 e. The minimum Gasteiger partial charge on any atom is -0.497 e. The fraction of sp³-hybridized carbons (Fsp3) is 0.286. The lowest BCUT2D eigenvalue weighted by atomic mass is 10.2. The fourth-order valence-corrected chi connectivity index (χ4v) is 4.54. The molecule has 0 aliphatic carbocycles. The van der Waals surface area contributed by atoms with Gasteiger partial charge in [0.2, 0.25) is 10.0 Å². The average molecular weight is 445 g/mol.